The van der Waals surface area contributed by atoms with Crippen LogP contribution in [0.5, 0.6) is 5.75 Å². The molecule has 0 saturated carbocycles. The van der Waals surface area contributed by atoms with E-state index in [1.807, 2.05) is 0 Å². The summed E-state index contributed by atoms with van der Waals surface area (Å²) in [5.74, 6) is 0.594. The fraction of sp³-hybridized carbons (Fsp3) is 0.267. The maximum Gasteiger partial charge on any atom is 0.258 e. The van der Waals surface area contributed by atoms with Gasteiger partial charge in [0.25, 0.3) is 5.91 Å². The molecule has 0 aliphatic carbocycles. The second kappa shape index (κ2) is 8.72. The van der Waals surface area contributed by atoms with Gasteiger partial charge in [0.1, 0.15) is 24.4 Å². The molecule has 0 aliphatic heterocycles. The van der Waals surface area contributed by atoms with E-state index in [0.717, 1.165) is 6.26 Å². The van der Waals surface area contributed by atoms with Gasteiger partial charge in [-0.25, -0.2) is 8.42 Å². The van der Waals surface area contributed by atoms with Crippen molar-refractivity contribution in [2.75, 3.05) is 23.9 Å². The second-order valence-electron chi connectivity index (χ2n) is 4.97. The van der Waals surface area contributed by atoms with Crippen molar-refractivity contribution in [3.8, 4) is 5.75 Å². The molecule has 2 aromatic rings. The van der Waals surface area contributed by atoms with Crippen molar-refractivity contribution in [3.63, 3.8) is 0 Å². The lowest BCUT2D eigenvalue weighted by Gasteiger charge is -2.08. The van der Waals surface area contributed by atoms with Crippen LogP contribution in [0.4, 0.5) is 5.69 Å². The molecule has 1 heterocycles. The third kappa shape index (κ3) is 6.23. The minimum Gasteiger partial charge on any atom is -0.492 e. The number of anilines is 1. The van der Waals surface area contributed by atoms with Crippen molar-refractivity contribution in [1.82, 2.24) is 0 Å². The highest BCUT2D eigenvalue weighted by Crippen LogP contribution is 2.18. The molecule has 0 atom stereocenters. The predicted octanol–water partition coefficient (Wildman–Crippen LogP) is 1.84. The molecule has 9 heteroatoms. The Bertz CT molecular complexity index is 789. The van der Waals surface area contributed by atoms with Gasteiger partial charge in [-0.3, -0.25) is 4.79 Å². The Labute approximate surface area is 146 Å². The number of rotatable bonds is 7. The van der Waals surface area contributed by atoms with Crippen LogP contribution in [0.3, 0.4) is 0 Å². The van der Waals surface area contributed by atoms with Crippen molar-refractivity contribution in [2.45, 2.75) is 6.54 Å². The zero-order valence-corrected chi connectivity index (χ0v) is 14.7. The van der Waals surface area contributed by atoms with E-state index in [9.17, 15) is 13.2 Å². The summed E-state index contributed by atoms with van der Waals surface area (Å²) in [5, 5.41) is 2.70. The monoisotopic (exact) mass is 374 g/mol. The predicted molar refractivity (Wildman–Crippen MR) is 93.4 cm³/mol. The maximum absolute atomic E-state index is 12.1. The van der Waals surface area contributed by atoms with Crippen molar-refractivity contribution in [3.05, 3.63) is 47.9 Å². The average Bonchev–Trinajstić information content (AvgIpc) is 2.95. The first-order valence-electron chi connectivity index (χ1n) is 6.87. The number of hydrogen-bond acceptors (Lipinski definition) is 6. The average molecular weight is 375 g/mol. The maximum atomic E-state index is 12.1. The Morgan fingerprint density at radius 3 is 2.71 bits per heavy atom. The summed E-state index contributed by atoms with van der Waals surface area (Å²) < 4.78 is 32.6. The summed E-state index contributed by atoms with van der Waals surface area (Å²) in [5.41, 5.74) is 6.33. The third-order valence-electron chi connectivity index (χ3n) is 2.93. The van der Waals surface area contributed by atoms with Gasteiger partial charge in [0.05, 0.1) is 17.9 Å². The largest absolute Gasteiger partial charge is 0.492 e. The quantitative estimate of drug-likeness (QED) is 0.764. The number of carbonyl (C=O) groups excluding carboxylic acids is 1. The van der Waals surface area contributed by atoms with Crippen molar-refractivity contribution in [2.24, 2.45) is 5.73 Å². The number of sulfone groups is 1. The van der Waals surface area contributed by atoms with E-state index in [4.69, 9.17) is 14.9 Å². The first-order chi connectivity index (χ1) is 10.9. The summed E-state index contributed by atoms with van der Waals surface area (Å²) in [6, 6.07) is 8.27. The lowest BCUT2D eigenvalue weighted by molar-refractivity contribution is 0.102. The molecule has 1 amide bonds. The summed E-state index contributed by atoms with van der Waals surface area (Å²) >= 11 is 0. The normalized spacial score (nSPS) is 10.8. The van der Waals surface area contributed by atoms with Crippen LogP contribution in [-0.2, 0) is 16.4 Å². The first-order valence-corrected chi connectivity index (χ1v) is 8.93. The topological polar surface area (TPSA) is 112 Å². The molecule has 1 aromatic heterocycles. The van der Waals surface area contributed by atoms with Crippen molar-refractivity contribution < 1.29 is 22.4 Å². The zero-order valence-electron chi connectivity index (χ0n) is 13.0. The van der Waals surface area contributed by atoms with Crippen molar-refractivity contribution in [1.29, 1.82) is 0 Å². The summed E-state index contributed by atoms with van der Waals surface area (Å²) in [4.78, 5) is 12.1. The Kier molecular flexibility index (Phi) is 7.27. The highest BCUT2D eigenvalue weighted by Gasteiger charge is 2.10. The molecule has 0 saturated heterocycles. The molecule has 0 spiro atoms. The molecule has 24 heavy (non-hydrogen) atoms. The Morgan fingerprint density at radius 2 is 2.08 bits per heavy atom. The van der Waals surface area contributed by atoms with Gasteiger partial charge in [0, 0.05) is 18.0 Å². The SMILES string of the molecule is CS(=O)(=O)CCOc1cccc(NC(=O)c2coc(CN)c2)c1.Cl. The van der Waals surface area contributed by atoms with E-state index in [1.165, 1.54) is 6.26 Å². The Hall–Kier alpha value is -2.03. The summed E-state index contributed by atoms with van der Waals surface area (Å²) in [7, 11) is -3.08. The smallest absolute Gasteiger partial charge is 0.258 e. The van der Waals surface area contributed by atoms with Crippen LogP contribution in [0.2, 0.25) is 0 Å². The third-order valence-corrected chi connectivity index (χ3v) is 3.84. The van der Waals surface area contributed by atoms with Crippen LogP contribution in [0, 0.1) is 0 Å². The van der Waals surface area contributed by atoms with Gasteiger partial charge in [-0.05, 0) is 18.2 Å². The molecule has 3 N–H and O–H groups in total. The van der Waals surface area contributed by atoms with Crippen LogP contribution in [0.1, 0.15) is 16.1 Å². The van der Waals surface area contributed by atoms with Gasteiger partial charge in [0.15, 0.2) is 9.84 Å². The van der Waals surface area contributed by atoms with E-state index in [-0.39, 0.29) is 37.2 Å². The number of ether oxygens (including phenoxy) is 1. The van der Waals surface area contributed by atoms with Crippen LogP contribution >= 0.6 is 12.4 Å². The second-order valence-corrected chi connectivity index (χ2v) is 7.23. The number of amides is 1. The molecule has 7 nitrogen and oxygen atoms in total. The number of carbonyl (C=O) groups is 1. The molecule has 2 rings (SSSR count). The molecular weight excluding hydrogens is 356 g/mol. The first kappa shape index (κ1) is 20.0. The van der Waals surface area contributed by atoms with E-state index in [2.05, 4.69) is 5.32 Å². The number of furan rings is 1. The Balaban J connectivity index is 0.00000288. The van der Waals surface area contributed by atoms with Gasteiger partial charge >= 0.3 is 0 Å². The van der Waals surface area contributed by atoms with E-state index in [0.29, 0.717) is 22.8 Å². The fourth-order valence-electron chi connectivity index (χ4n) is 1.78. The van der Waals surface area contributed by atoms with Crippen molar-refractivity contribution >= 4 is 33.8 Å². The summed E-state index contributed by atoms with van der Waals surface area (Å²) in [6.07, 6.45) is 2.48. The molecular formula is C15H19ClN2O5S. The molecule has 132 valence electrons. The minimum absolute atomic E-state index is 0. The van der Waals surface area contributed by atoms with Gasteiger partial charge in [-0.15, -0.1) is 12.4 Å². The standard InChI is InChI=1S/C15H18N2O5S.ClH/c1-23(19,20)6-5-21-13-4-2-3-12(8-13)17-15(18)11-7-14(9-16)22-10-11;/h2-4,7-8,10H,5-6,9,16H2,1H3,(H,17,18);1H. The van der Waals surface area contributed by atoms with E-state index < -0.39 is 9.84 Å². The van der Waals surface area contributed by atoms with Gasteiger partial charge < -0.3 is 20.2 Å². The number of nitrogens with two attached hydrogens (primary N) is 1. The van der Waals surface area contributed by atoms with Crippen LogP contribution in [0.25, 0.3) is 0 Å². The van der Waals surface area contributed by atoms with E-state index >= 15 is 0 Å². The number of halogens is 1. The highest BCUT2D eigenvalue weighted by molar-refractivity contribution is 7.90. The highest BCUT2D eigenvalue weighted by atomic mass is 35.5. The van der Waals surface area contributed by atoms with Crippen LogP contribution in [-0.4, -0.2) is 32.9 Å². The minimum atomic E-state index is -3.08. The zero-order chi connectivity index (χ0) is 16.9. The number of benzene rings is 1. The Morgan fingerprint density at radius 1 is 1.33 bits per heavy atom. The number of nitrogens with one attached hydrogen (secondary N) is 1. The molecule has 0 bridgehead atoms. The molecule has 0 fully saturated rings. The molecule has 1 aromatic carbocycles. The summed E-state index contributed by atoms with van der Waals surface area (Å²) in [6.45, 7) is 0.273. The van der Waals surface area contributed by atoms with Crippen LogP contribution in [0.15, 0.2) is 41.0 Å². The number of hydrogen-bond donors (Lipinski definition) is 2. The van der Waals surface area contributed by atoms with Gasteiger partial charge in [-0.2, -0.15) is 0 Å². The van der Waals surface area contributed by atoms with Crippen LogP contribution < -0.4 is 15.8 Å². The van der Waals surface area contributed by atoms with Gasteiger partial charge in [-0.1, -0.05) is 6.07 Å². The molecule has 0 unspecified atom stereocenters. The van der Waals surface area contributed by atoms with Gasteiger partial charge in [0.2, 0.25) is 0 Å². The lowest BCUT2D eigenvalue weighted by atomic mass is 10.2. The molecule has 0 aliphatic rings. The molecule has 0 radical (unpaired) electrons. The lowest BCUT2D eigenvalue weighted by Crippen LogP contribution is -2.13. The fourth-order valence-corrected chi connectivity index (χ4v) is 2.17. The van der Waals surface area contributed by atoms with E-state index in [1.54, 1.807) is 30.3 Å².